The van der Waals surface area contributed by atoms with Gasteiger partial charge < -0.3 is 14.6 Å². The molecule has 2 rings (SSSR count). The first-order valence-electron chi connectivity index (χ1n) is 7.70. The number of esters is 3. The molecule has 0 radical (unpaired) electrons. The molecule has 0 spiro atoms. The fourth-order valence-corrected chi connectivity index (χ4v) is 2.58. The van der Waals surface area contributed by atoms with E-state index in [9.17, 15) is 19.2 Å². The summed E-state index contributed by atoms with van der Waals surface area (Å²) >= 11 is 0. The fraction of sp³-hybridized carbons (Fsp3) is 0.714. The second kappa shape index (κ2) is 8.71. The van der Waals surface area contributed by atoms with Crippen LogP contribution in [-0.2, 0) is 28.7 Å². The van der Waals surface area contributed by atoms with Crippen molar-refractivity contribution in [3.8, 4) is 0 Å². The molecule has 2 saturated heterocycles. The average molecular weight is 343 g/mol. The molecule has 10 heteroatoms. The lowest BCUT2D eigenvalue weighted by atomic mass is 10.3. The number of hydrogen-bond acceptors (Lipinski definition) is 9. The molecule has 0 bridgehead atoms. The molecule has 1 N–H and O–H groups in total. The number of aliphatic carboxylic acids is 1. The Bertz CT molecular complexity index is 495. The zero-order valence-corrected chi connectivity index (χ0v) is 13.3. The van der Waals surface area contributed by atoms with E-state index in [4.69, 9.17) is 9.84 Å². The summed E-state index contributed by atoms with van der Waals surface area (Å²) in [6.45, 7) is 2.85. The van der Waals surface area contributed by atoms with Gasteiger partial charge >= 0.3 is 23.9 Å². The number of carbonyl (C=O) groups is 4. The largest absolute Gasteiger partial charge is 0.480 e. The Morgan fingerprint density at radius 2 is 1.58 bits per heavy atom. The van der Waals surface area contributed by atoms with E-state index in [1.165, 1.54) is 0 Å². The quantitative estimate of drug-likeness (QED) is 0.378. The zero-order valence-electron chi connectivity index (χ0n) is 13.3. The van der Waals surface area contributed by atoms with Crippen molar-refractivity contribution in [2.24, 2.45) is 0 Å². The maximum absolute atomic E-state index is 11.2. The van der Waals surface area contributed by atoms with Crippen LogP contribution in [0.5, 0.6) is 0 Å². The Balaban J connectivity index is 1.79. The summed E-state index contributed by atoms with van der Waals surface area (Å²) in [7, 11) is 0. The topological polar surface area (TPSA) is 117 Å². The number of carbonyl (C=O) groups excluding carboxylic acids is 3. The molecule has 0 saturated carbocycles. The van der Waals surface area contributed by atoms with Crippen LogP contribution in [0.3, 0.4) is 0 Å². The van der Waals surface area contributed by atoms with Gasteiger partial charge in [0.1, 0.15) is 6.61 Å². The second-order valence-electron chi connectivity index (χ2n) is 5.72. The van der Waals surface area contributed by atoms with Gasteiger partial charge in [0.15, 0.2) is 0 Å². The van der Waals surface area contributed by atoms with Crippen molar-refractivity contribution in [1.82, 2.24) is 14.7 Å². The minimum atomic E-state index is -0.956. The summed E-state index contributed by atoms with van der Waals surface area (Å²) in [6.07, 6.45) is 0. The molecule has 0 unspecified atom stereocenters. The minimum Gasteiger partial charge on any atom is -0.480 e. The summed E-state index contributed by atoms with van der Waals surface area (Å²) in [5, 5.41) is 9.01. The monoisotopic (exact) mass is 343 g/mol. The molecular formula is C14H21N3O7. The van der Waals surface area contributed by atoms with E-state index in [1.54, 1.807) is 9.80 Å². The Labute approximate surface area is 138 Å². The molecule has 2 aliphatic rings. The van der Waals surface area contributed by atoms with Crippen LogP contribution >= 0.6 is 0 Å². The summed E-state index contributed by atoms with van der Waals surface area (Å²) in [5.74, 6) is -2.43. The standard InChI is InChI=1S/C14H21N3O7/c18-11(19)7-15(1-2-16-5-6-23-12(20)8-16)3-4-17-9-13(21)24-14(22)10-17/h1-10H2,(H,18,19). The molecule has 0 amide bonds. The van der Waals surface area contributed by atoms with Gasteiger partial charge in [0.25, 0.3) is 0 Å². The predicted molar refractivity (Wildman–Crippen MR) is 79.0 cm³/mol. The van der Waals surface area contributed by atoms with Crippen molar-refractivity contribution < 1.29 is 33.8 Å². The minimum absolute atomic E-state index is 0.0185. The van der Waals surface area contributed by atoms with E-state index < -0.39 is 17.9 Å². The van der Waals surface area contributed by atoms with Gasteiger partial charge in [-0.3, -0.25) is 33.9 Å². The third kappa shape index (κ3) is 6.22. The first-order valence-corrected chi connectivity index (χ1v) is 7.70. The van der Waals surface area contributed by atoms with E-state index in [-0.39, 0.29) is 32.1 Å². The predicted octanol–water partition coefficient (Wildman–Crippen LogP) is -2.38. The van der Waals surface area contributed by atoms with Crippen LogP contribution in [0, 0.1) is 0 Å². The van der Waals surface area contributed by atoms with Gasteiger partial charge in [-0.25, -0.2) is 0 Å². The average Bonchev–Trinajstić information content (AvgIpc) is 2.49. The number of nitrogens with zero attached hydrogens (tertiary/aromatic N) is 3. The second-order valence-corrected chi connectivity index (χ2v) is 5.72. The molecule has 0 aliphatic carbocycles. The van der Waals surface area contributed by atoms with E-state index in [0.29, 0.717) is 39.3 Å². The van der Waals surface area contributed by atoms with Crippen molar-refractivity contribution in [2.45, 2.75) is 0 Å². The van der Waals surface area contributed by atoms with E-state index in [0.717, 1.165) is 0 Å². The van der Waals surface area contributed by atoms with Gasteiger partial charge in [-0.2, -0.15) is 0 Å². The van der Waals surface area contributed by atoms with Crippen LogP contribution in [0.25, 0.3) is 0 Å². The Morgan fingerprint density at radius 1 is 1.00 bits per heavy atom. The normalized spacial score (nSPS) is 20.1. The van der Waals surface area contributed by atoms with Crippen molar-refractivity contribution in [3.63, 3.8) is 0 Å². The van der Waals surface area contributed by atoms with Crippen molar-refractivity contribution in [2.75, 3.05) is 65.5 Å². The number of morpholine rings is 2. The van der Waals surface area contributed by atoms with Gasteiger partial charge in [-0.05, 0) is 0 Å². The van der Waals surface area contributed by atoms with Crippen LogP contribution < -0.4 is 0 Å². The maximum atomic E-state index is 11.2. The lowest BCUT2D eigenvalue weighted by Crippen LogP contribution is -2.48. The van der Waals surface area contributed by atoms with E-state index in [2.05, 4.69) is 4.74 Å². The van der Waals surface area contributed by atoms with Gasteiger partial charge in [0, 0.05) is 32.7 Å². The van der Waals surface area contributed by atoms with Crippen LogP contribution in [0.2, 0.25) is 0 Å². The number of rotatable bonds is 8. The van der Waals surface area contributed by atoms with Gasteiger partial charge in [0.2, 0.25) is 0 Å². The molecule has 2 heterocycles. The number of carboxylic acids is 1. The summed E-state index contributed by atoms with van der Waals surface area (Å²) in [6, 6.07) is 0. The smallest absolute Gasteiger partial charge is 0.327 e. The highest BCUT2D eigenvalue weighted by Crippen LogP contribution is 2.02. The molecular weight excluding hydrogens is 322 g/mol. The summed E-state index contributed by atoms with van der Waals surface area (Å²) < 4.78 is 9.30. The fourth-order valence-electron chi connectivity index (χ4n) is 2.58. The molecule has 0 aromatic carbocycles. The van der Waals surface area contributed by atoms with Crippen LogP contribution in [0.15, 0.2) is 0 Å². The van der Waals surface area contributed by atoms with Crippen molar-refractivity contribution in [3.05, 3.63) is 0 Å². The number of cyclic esters (lactones) is 3. The van der Waals surface area contributed by atoms with Gasteiger partial charge in [0.05, 0.1) is 26.2 Å². The van der Waals surface area contributed by atoms with E-state index in [1.807, 2.05) is 4.90 Å². The molecule has 2 fully saturated rings. The maximum Gasteiger partial charge on any atom is 0.327 e. The summed E-state index contributed by atoms with van der Waals surface area (Å²) in [4.78, 5) is 49.9. The Hall–Kier alpha value is -2.04. The Kier molecular flexibility index (Phi) is 6.64. The molecule has 0 atom stereocenters. The SMILES string of the molecule is O=C(O)CN(CCN1CCOC(=O)C1)CCN1CC(=O)OC(=O)C1. The van der Waals surface area contributed by atoms with Crippen molar-refractivity contribution >= 4 is 23.9 Å². The summed E-state index contributed by atoms with van der Waals surface area (Å²) in [5.41, 5.74) is 0. The van der Waals surface area contributed by atoms with Crippen LogP contribution in [0.4, 0.5) is 0 Å². The highest BCUT2D eigenvalue weighted by atomic mass is 16.6. The van der Waals surface area contributed by atoms with Crippen LogP contribution in [0.1, 0.15) is 0 Å². The lowest BCUT2D eigenvalue weighted by Gasteiger charge is -2.30. The number of carboxylic acid groups (broad SMARTS) is 1. The van der Waals surface area contributed by atoms with Crippen LogP contribution in [-0.4, -0.2) is 109 Å². The molecule has 134 valence electrons. The van der Waals surface area contributed by atoms with Gasteiger partial charge in [-0.1, -0.05) is 0 Å². The Morgan fingerprint density at radius 3 is 2.17 bits per heavy atom. The molecule has 10 nitrogen and oxygen atoms in total. The third-order valence-electron chi connectivity index (χ3n) is 3.78. The number of ether oxygens (including phenoxy) is 2. The zero-order chi connectivity index (χ0) is 17.5. The molecule has 0 aromatic heterocycles. The molecule has 2 aliphatic heterocycles. The highest BCUT2D eigenvalue weighted by molar-refractivity contribution is 5.90. The lowest BCUT2D eigenvalue weighted by molar-refractivity contribution is -0.167. The van der Waals surface area contributed by atoms with E-state index >= 15 is 0 Å². The van der Waals surface area contributed by atoms with Gasteiger partial charge in [-0.15, -0.1) is 0 Å². The third-order valence-corrected chi connectivity index (χ3v) is 3.78. The molecule has 24 heavy (non-hydrogen) atoms. The first-order chi connectivity index (χ1) is 11.4. The molecule has 0 aromatic rings. The number of hydrogen-bond donors (Lipinski definition) is 1. The highest BCUT2D eigenvalue weighted by Gasteiger charge is 2.25. The van der Waals surface area contributed by atoms with Crippen molar-refractivity contribution in [1.29, 1.82) is 0 Å². The first kappa shape index (κ1) is 18.3.